The number of nitrogens with one attached hydrogen (secondary N) is 1. The lowest BCUT2D eigenvalue weighted by Crippen LogP contribution is -2.60. The topological polar surface area (TPSA) is 149 Å². The molecule has 0 aromatic carbocycles. The van der Waals surface area contributed by atoms with E-state index >= 15 is 0 Å². The van der Waals surface area contributed by atoms with Gasteiger partial charge in [-0.25, -0.2) is 0 Å². The van der Waals surface area contributed by atoms with Crippen molar-refractivity contribution in [3.05, 3.63) is 146 Å². The molecule has 1 amide bonds. The molecule has 1 saturated heterocycles. The second-order valence-electron chi connectivity index (χ2n) is 18.6. The molecule has 0 spiro atoms. The summed E-state index contributed by atoms with van der Waals surface area (Å²) < 4.78 is 11.2. The summed E-state index contributed by atoms with van der Waals surface area (Å²) in [6.45, 7) is 3.49. The van der Waals surface area contributed by atoms with Crippen molar-refractivity contribution >= 4 is 5.91 Å². The Hall–Kier alpha value is -3.93. The summed E-state index contributed by atoms with van der Waals surface area (Å²) in [5.74, 6) is -0.204. The van der Waals surface area contributed by atoms with Crippen LogP contribution in [-0.4, -0.2) is 87.5 Å². The van der Waals surface area contributed by atoms with Crippen molar-refractivity contribution in [1.82, 2.24) is 5.32 Å². The third kappa shape index (κ3) is 39.6. The van der Waals surface area contributed by atoms with E-state index in [4.69, 9.17) is 9.47 Å². The van der Waals surface area contributed by atoms with Crippen LogP contribution in [0.15, 0.2) is 146 Å². The van der Waals surface area contributed by atoms with Crippen molar-refractivity contribution < 1.29 is 39.8 Å². The minimum atomic E-state index is -1.58. The molecule has 6 N–H and O–H groups in total. The monoisotopic (exact) mass is 1000 g/mol. The Morgan fingerprint density at radius 2 is 0.833 bits per heavy atom. The summed E-state index contributed by atoms with van der Waals surface area (Å²) in [7, 11) is 0. The zero-order chi connectivity index (χ0) is 52.2. The summed E-state index contributed by atoms with van der Waals surface area (Å²) in [6.07, 6.45) is 72.2. The van der Waals surface area contributed by atoms with E-state index in [1.807, 2.05) is 6.08 Å². The number of allylic oxidation sites excluding steroid dienone is 23. The summed E-state index contributed by atoms with van der Waals surface area (Å²) in [5, 5.41) is 54.2. The van der Waals surface area contributed by atoms with E-state index in [0.717, 1.165) is 122 Å². The van der Waals surface area contributed by atoms with Gasteiger partial charge in [-0.15, -0.1) is 0 Å². The zero-order valence-electron chi connectivity index (χ0n) is 44.9. The van der Waals surface area contributed by atoms with Crippen LogP contribution in [0, 0.1) is 0 Å². The van der Waals surface area contributed by atoms with Crippen molar-refractivity contribution in [2.45, 2.75) is 230 Å². The minimum Gasteiger partial charge on any atom is -0.394 e. The van der Waals surface area contributed by atoms with E-state index in [1.54, 1.807) is 6.08 Å². The largest absolute Gasteiger partial charge is 0.394 e. The van der Waals surface area contributed by atoms with Crippen LogP contribution in [0.25, 0.3) is 0 Å². The van der Waals surface area contributed by atoms with Crippen LogP contribution < -0.4 is 5.32 Å². The molecule has 0 aromatic rings. The average molecular weight is 1000 g/mol. The molecule has 1 heterocycles. The number of aliphatic hydroxyl groups is 5. The lowest BCUT2D eigenvalue weighted by molar-refractivity contribution is -0.302. The fraction of sp³-hybridized carbons (Fsp3) is 0.603. The Labute approximate surface area is 438 Å². The van der Waals surface area contributed by atoms with E-state index in [9.17, 15) is 30.3 Å². The van der Waals surface area contributed by atoms with Crippen LogP contribution >= 0.6 is 0 Å². The van der Waals surface area contributed by atoms with E-state index in [2.05, 4.69) is 153 Å². The number of hydrogen-bond donors (Lipinski definition) is 6. The lowest BCUT2D eigenvalue weighted by Gasteiger charge is -2.40. The van der Waals surface area contributed by atoms with E-state index in [0.29, 0.717) is 6.42 Å². The van der Waals surface area contributed by atoms with Crippen molar-refractivity contribution in [2.75, 3.05) is 13.2 Å². The Morgan fingerprint density at radius 3 is 1.28 bits per heavy atom. The molecule has 0 saturated carbocycles. The van der Waals surface area contributed by atoms with E-state index in [1.165, 1.54) is 44.9 Å². The fourth-order valence-corrected chi connectivity index (χ4v) is 7.77. The molecule has 406 valence electrons. The van der Waals surface area contributed by atoms with Gasteiger partial charge in [0.25, 0.3) is 0 Å². The number of carbonyl (C=O) groups is 1. The predicted octanol–water partition coefficient (Wildman–Crippen LogP) is 13.9. The second-order valence-corrected chi connectivity index (χ2v) is 18.6. The van der Waals surface area contributed by atoms with Crippen molar-refractivity contribution in [3.63, 3.8) is 0 Å². The number of amides is 1. The summed E-state index contributed by atoms with van der Waals surface area (Å²) in [5.41, 5.74) is 0. The van der Waals surface area contributed by atoms with Crippen LogP contribution in [0.4, 0.5) is 0 Å². The van der Waals surface area contributed by atoms with Gasteiger partial charge in [0.2, 0.25) is 5.91 Å². The Balaban J connectivity index is 2.13. The van der Waals surface area contributed by atoms with Crippen LogP contribution in [0.5, 0.6) is 0 Å². The molecular formula is C63H101NO8. The van der Waals surface area contributed by atoms with Gasteiger partial charge in [-0.1, -0.05) is 217 Å². The van der Waals surface area contributed by atoms with Gasteiger partial charge >= 0.3 is 0 Å². The molecule has 1 aliphatic rings. The predicted molar refractivity (Wildman–Crippen MR) is 303 cm³/mol. The summed E-state index contributed by atoms with van der Waals surface area (Å²) in [4.78, 5) is 13.0. The molecule has 9 heteroatoms. The van der Waals surface area contributed by atoms with Crippen LogP contribution in [0.1, 0.15) is 187 Å². The van der Waals surface area contributed by atoms with E-state index < -0.39 is 49.5 Å². The van der Waals surface area contributed by atoms with Crippen molar-refractivity contribution in [3.8, 4) is 0 Å². The first kappa shape index (κ1) is 66.1. The first-order valence-corrected chi connectivity index (χ1v) is 28.1. The molecule has 0 bridgehead atoms. The van der Waals surface area contributed by atoms with Crippen molar-refractivity contribution in [1.29, 1.82) is 0 Å². The Bertz CT molecular complexity index is 1630. The molecule has 1 aliphatic heterocycles. The first-order valence-electron chi connectivity index (χ1n) is 28.1. The van der Waals surface area contributed by atoms with Crippen LogP contribution in [-0.2, 0) is 14.3 Å². The third-order valence-corrected chi connectivity index (χ3v) is 12.1. The van der Waals surface area contributed by atoms with Gasteiger partial charge < -0.3 is 40.3 Å². The maximum absolute atomic E-state index is 13.0. The molecule has 7 atom stereocenters. The number of ether oxygens (including phenoxy) is 2. The van der Waals surface area contributed by atoms with Gasteiger partial charge in [-0.05, 0) is 109 Å². The number of hydrogen-bond acceptors (Lipinski definition) is 8. The highest BCUT2D eigenvalue weighted by atomic mass is 16.7. The Morgan fingerprint density at radius 1 is 0.472 bits per heavy atom. The van der Waals surface area contributed by atoms with Gasteiger partial charge in [0, 0.05) is 6.42 Å². The highest BCUT2D eigenvalue weighted by molar-refractivity contribution is 5.76. The van der Waals surface area contributed by atoms with E-state index in [-0.39, 0.29) is 12.5 Å². The Kier molecular flexibility index (Phi) is 46.4. The van der Waals surface area contributed by atoms with Gasteiger partial charge in [0.1, 0.15) is 24.4 Å². The fourth-order valence-electron chi connectivity index (χ4n) is 7.77. The SMILES string of the molecule is CC/C=C\C/C=C\C/C=C\C/C=C\C/C=C\C/C=C\C/C=C\C/C=C\C/C=C\CCCCCCCCCCCCCC(=O)NC(COC1OC(CO)C(O)C(O)C1O)C(O)/C=C/CC/C=C/CC/C=C/CC. The number of rotatable bonds is 45. The van der Waals surface area contributed by atoms with Gasteiger partial charge in [-0.2, -0.15) is 0 Å². The maximum Gasteiger partial charge on any atom is 0.220 e. The standard InChI is InChI=1S/C63H101NO8/c1-3-5-7-9-11-13-15-16-17-18-19-20-21-22-23-24-25-26-27-28-29-30-31-32-33-34-35-36-37-38-39-40-41-42-43-45-47-49-51-53-59(67)64-56(55-71-63-62(70)61(69)60(68)58(54-65)72-63)57(66)52-50-48-46-44-14-12-10-8-6-4-2/h5-8,11,13-14,16-17,19-20,22-23,25-26,28-29,31-32,34-35,44,50,52,56-58,60-63,65-66,68-70H,3-4,9-10,12,15,18,21,24,27,30,33,36-43,45-49,51,53-55H2,1-2H3,(H,64,67)/b7-5-,8-6+,13-11-,17-16-,20-19-,23-22-,26-25-,29-28-,32-31-,35-34-,44-14+,52-50+. The highest BCUT2D eigenvalue weighted by Crippen LogP contribution is 2.22. The molecule has 7 unspecified atom stereocenters. The molecule has 72 heavy (non-hydrogen) atoms. The second kappa shape index (κ2) is 50.6. The minimum absolute atomic E-state index is 0.204. The quantitative estimate of drug-likeness (QED) is 0.0261. The molecule has 1 rings (SSSR count). The van der Waals surface area contributed by atoms with Gasteiger partial charge in [0.05, 0.1) is 25.4 Å². The smallest absolute Gasteiger partial charge is 0.220 e. The molecule has 9 nitrogen and oxygen atoms in total. The van der Waals surface area contributed by atoms with Gasteiger partial charge in [-0.3, -0.25) is 4.79 Å². The molecule has 0 aromatic heterocycles. The number of carbonyl (C=O) groups excluding carboxylic acids is 1. The molecule has 1 fully saturated rings. The van der Waals surface area contributed by atoms with Gasteiger partial charge in [0.15, 0.2) is 6.29 Å². The molecule has 0 aliphatic carbocycles. The summed E-state index contributed by atoms with van der Waals surface area (Å²) in [6, 6.07) is -0.837. The number of unbranched alkanes of at least 4 members (excludes halogenated alkanes) is 13. The molecule has 0 radical (unpaired) electrons. The summed E-state index contributed by atoms with van der Waals surface area (Å²) >= 11 is 0. The lowest BCUT2D eigenvalue weighted by atomic mass is 9.99. The highest BCUT2D eigenvalue weighted by Gasteiger charge is 2.44. The maximum atomic E-state index is 13.0. The van der Waals surface area contributed by atoms with Crippen LogP contribution in [0.3, 0.4) is 0 Å². The molecular weight excluding hydrogens is 899 g/mol. The third-order valence-electron chi connectivity index (χ3n) is 12.1. The first-order chi connectivity index (χ1) is 35.3. The number of aliphatic hydroxyl groups excluding tert-OH is 5. The normalized spacial score (nSPS) is 20.3. The zero-order valence-corrected chi connectivity index (χ0v) is 44.9. The van der Waals surface area contributed by atoms with Crippen LogP contribution in [0.2, 0.25) is 0 Å². The average Bonchev–Trinajstić information content (AvgIpc) is 3.38. The van der Waals surface area contributed by atoms with Crippen molar-refractivity contribution in [2.24, 2.45) is 0 Å².